The quantitative estimate of drug-likeness (QED) is 0.817. The van der Waals surface area contributed by atoms with Crippen LogP contribution in [-0.4, -0.2) is 26.2 Å². The van der Waals surface area contributed by atoms with Crippen LogP contribution in [0.15, 0.2) is 23.1 Å². The molecule has 0 atom stereocenters. The predicted molar refractivity (Wildman–Crippen MR) is 75.0 cm³/mol. The Morgan fingerprint density at radius 3 is 2.47 bits per heavy atom. The first kappa shape index (κ1) is 16.1. The standard InChI is InChI=1S/C14H22O4S/c1-5-18-10-14(3,4)9-12-8-11(2)6-7-13(12)19(15,16)17/h6-8H,5,9-10H2,1-4H3,(H,15,16,17). The molecule has 0 aliphatic heterocycles. The minimum Gasteiger partial charge on any atom is -0.381 e. The summed E-state index contributed by atoms with van der Waals surface area (Å²) in [5.74, 6) is 0. The zero-order chi connectivity index (χ0) is 14.7. The van der Waals surface area contributed by atoms with E-state index in [0.717, 1.165) is 5.56 Å². The Bertz CT molecular complexity index is 532. The molecule has 0 aliphatic rings. The van der Waals surface area contributed by atoms with Crippen LogP contribution in [0.4, 0.5) is 0 Å². The molecule has 0 aromatic heterocycles. The van der Waals surface area contributed by atoms with Gasteiger partial charge in [-0.15, -0.1) is 0 Å². The number of rotatable bonds is 6. The van der Waals surface area contributed by atoms with E-state index in [2.05, 4.69) is 0 Å². The maximum atomic E-state index is 11.4. The molecule has 108 valence electrons. The molecule has 0 radical (unpaired) electrons. The van der Waals surface area contributed by atoms with Gasteiger partial charge in [-0.1, -0.05) is 31.5 Å². The van der Waals surface area contributed by atoms with Crippen LogP contribution in [0.2, 0.25) is 0 Å². The molecule has 1 aromatic rings. The molecule has 0 heterocycles. The van der Waals surface area contributed by atoms with E-state index < -0.39 is 10.1 Å². The molecule has 1 N–H and O–H groups in total. The summed E-state index contributed by atoms with van der Waals surface area (Å²) in [6, 6.07) is 4.94. The first-order chi connectivity index (χ1) is 8.65. The van der Waals surface area contributed by atoms with Crippen molar-refractivity contribution in [1.82, 2.24) is 0 Å². The van der Waals surface area contributed by atoms with E-state index in [9.17, 15) is 13.0 Å². The lowest BCUT2D eigenvalue weighted by Gasteiger charge is -2.25. The highest BCUT2D eigenvalue weighted by Gasteiger charge is 2.23. The Balaban J connectivity index is 3.09. The molecule has 0 amide bonds. The van der Waals surface area contributed by atoms with Gasteiger partial charge >= 0.3 is 0 Å². The number of benzene rings is 1. The second-order valence-electron chi connectivity index (χ2n) is 5.56. The topological polar surface area (TPSA) is 63.6 Å². The smallest absolute Gasteiger partial charge is 0.294 e. The number of hydrogen-bond donors (Lipinski definition) is 1. The third-order valence-electron chi connectivity index (χ3n) is 2.86. The predicted octanol–water partition coefficient (Wildman–Crippen LogP) is 2.85. The average molecular weight is 286 g/mol. The lowest BCUT2D eigenvalue weighted by Crippen LogP contribution is -2.23. The Morgan fingerprint density at radius 1 is 1.32 bits per heavy atom. The average Bonchev–Trinajstić information content (AvgIpc) is 2.24. The zero-order valence-corrected chi connectivity index (χ0v) is 12.8. The summed E-state index contributed by atoms with van der Waals surface area (Å²) in [6.45, 7) is 9.02. The van der Waals surface area contributed by atoms with E-state index in [0.29, 0.717) is 25.2 Å². The molecule has 0 saturated heterocycles. The SMILES string of the molecule is CCOCC(C)(C)Cc1cc(C)ccc1S(=O)(=O)O. The number of aryl methyl sites for hydroxylation is 1. The monoisotopic (exact) mass is 286 g/mol. The largest absolute Gasteiger partial charge is 0.381 e. The Kier molecular flexibility index (Phi) is 5.12. The maximum Gasteiger partial charge on any atom is 0.294 e. The van der Waals surface area contributed by atoms with Crippen LogP contribution in [0.25, 0.3) is 0 Å². The van der Waals surface area contributed by atoms with E-state index >= 15 is 0 Å². The molecule has 0 spiro atoms. The highest BCUT2D eigenvalue weighted by molar-refractivity contribution is 7.85. The molecule has 4 nitrogen and oxygen atoms in total. The summed E-state index contributed by atoms with van der Waals surface area (Å²) >= 11 is 0. The van der Waals surface area contributed by atoms with Gasteiger partial charge in [-0.2, -0.15) is 8.42 Å². The molecule has 0 aliphatic carbocycles. The maximum absolute atomic E-state index is 11.4. The van der Waals surface area contributed by atoms with Crippen LogP contribution in [-0.2, 0) is 21.3 Å². The minimum atomic E-state index is -4.18. The molecule has 5 heteroatoms. The molecule has 0 fully saturated rings. The van der Waals surface area contributed by atoms with Crippen molar-refractivity contribution in [2.45, 2.75) is 39.0 Å². The van der Waals surface area contributed by atoms with Gasteiger partial charge in [0.1, 0.15) is 0 Å². The van der Waals surface area contributed by atoms with Gasteiger partial charge in [0.2, 0.25) is 0 Å². The second kappa shape index (κ2) is 6.03. The van der Waals surface area contributed by atoms with Crippen molar-refractivity contribution >= 4 is 10.1 Å². The van der Waals surface area contributed by atoms with E-state index in [-0.39, 0.29) is 10.3 Å². The highest BCUT2D eigenvalue weighted by Crippen LogP contribution is 2.27. The fourth-order valence-electron chi connectivity index (χ4n) is 2.04. The molecule has 1 aromatic carbocycles. The summed E-state index contributed by atoms with van der Waals surface area (Å²) in [7, 11) is -4.18. The Labute approximate surface area is 115 Å². The summed E-state index contributed by atoms with van der Waals surface area (Å²) in [6.07, 6.45) is 0.532. The van der Waals surface area contributed by atoms with Gasteiger partial charge in [0.15, 0.2) is 0 Å². The second-order valence-corrected chi connectivity index (χ2v) is 6.95. The Morgan fingerprint density at radius 2 is 1.95 bits per heavy atom. The van der Waals surface area contributed by atoms with Crippen LogP contribution in [0.1, 0.15) is 31.9 Å². The van der Waals surface area contributed by atoms with Gasteiger partial charge in [0.05, 0.1) is 11.5 Å². The molecule has 0 bridgehead atoms. The van der Waals surface area contributed by atoms with Crippen LogP contribution in [0, 0.1) is 12.3 Å². The number of ether oxygens (including phenoxy) is 1. The molecule has 0 unspecified atom stereocenters. The van der Waals surface area contributed by atoms with Gasteiger partial charge in [-0.05, 0) is 37.3 Å². The third-order valence-corrected chi connectivity index (χ3v) is 3.81. The van der Waals surface area contributed by atoms with Gasteiger partial charge in [-0.3, -0.25) is 4.55 Å². The van der Waals surface area contributed by atoms with E-state index in [1.54, 1.807) is 12.1 Å². The zero-order valence-electron chi connectivity index (χ0n) is 11.9. The van der Waals surface area contributed by atoms with Gasteiger partial charge in [-0.25, -0.2) is 0 Å². The third kappa shape index (κ3) is 4.93. The molecule has 19 heavy (non-hydrogen) atoms. The highest BCUT2D eigenvalue weighted by atomic mass is 32.2. The van der Waals surface area contributed by atoms with E-state index in [1.807, 2.05) is 27.7 Å². The summed E-state index contributed by atoms with van der Waals surface area (Å²) in [5, 5.41) is 0. The Hall–Kier alpha value is -0.910. The number of hydrogen-bond acceptors (Lipinski definition) is 3. The fourth-order valence-corrected chi connectivity index (χ4v) is 2.75. The summed E-state index contributed by atoms with van der Waals surface area (Å²) < 4.78 is 37.5. The van der Waals surface area contributed by atoms with Crippen molar-refractivity contribution in [2.24, 2.45) is 5.41 Å². The lowest BCUT2D eigenvalue weighted by atomic mass is 9.86. The van der Waals surface area contributed by atoms with Gasteiger partial charge in [0.25, 0.3) is 10.1 Å². The van der Waals surface area contributed by atoms with E-state index in [1.165, 1.54) is 6.07 Å². The summed E-state index contributed by atoms with van der Waals surface area (Å²) in [5.41, 5.74) is 1.41. The van der Waals surface area contributed by atoms with E-state index in [4.69, 9.17) is 4.74 Å². The molecular weight excluding hydrogens is 264 g/mol. The van der Waals surface area contributed by atoms with Gasteiger partial charge in [0, 0.05) is 6.61 Å². The first-order valence-electron chi connectivity index (χ1n) is 6.30. The van der Waals surface area contributed by atoms with Crippen molar-refractivity contribution in [3.05, 3.63) is 29.3 Å². The molecule has 1 rings (SSSR count). The van der Waals surface area contributed by atoms with Crippen LogP contribution >= 0.6 is 0 Å². The van der Waals surface area contributed by atoms with Crippen molar-refractivity contribution in [3.8, 4) is 0 Å². The molecule has 0 saturated carbocycles. The molecular formula is C14H22O4S. The lowest BCUT2D eigenvalue weighted by molar-refractivity contribution is 0.0706. The normalized spacial score (nSPS) is 12.7. The summed E-state index contributed by atoms with van der Waals surface area (Å²) in [4.78, 5) is -0.0114. The van der Waals surface area contributed by atoms with Crippen LogP contribution in [0.3, 0.4) is 0 Å². The fraction of sp³-hybridized carbons (Fsp3) is 0.571. The van der Waals surface area contributed by atoms with Gasteiger partial charge < -0.3 is 4.74 Å². The van der Waals surface area contributed by atoms with Crippen molar-refractivity contribution in [3.63, 3.8) is 0 Å². The first-order valence-corrected chi connectivity index (χ1v) is 7.74. The van der Waals surface area contributed by atoms with Crippen molar-refractivity contribution in [2.75, 3.05) is 13.2 Å². The minimum absolute atomic E-state index is 0.0114. The van der Waals surface area contributed by atoms with Crippen molar-refractivity contribution in [1.29, 1.82) is 0 Å². The van der Waals surface area contributed by atoms with Crippen LogP contribution in [0.5, 0.6) is 0 Å². The van der Waals surface area contributed by atoms with Crippen LogP contribution < -0.4 is 0 Å². The van der Waals surface area contributed by atoms with Crippen molar-refractivity contribution < 1.29 is 17.7 Å².